The van der Waals surface area contributed by atoms with Gasteiger partial charge in [-0.2, -0.15) is 0 Å². The number of carbonyl (C=O) groups excluding carboxylic acids is 1. The van der Waals surface area contributed by atoms with Crippen LogP contribution in [0.4, 0.5) is 14.5 Å². The Kier molecular flexibility index (Phi) is 4.51. The van der Waals surface area contributed by atoms with Gasteiger partial charge in [-0.3, -0.25) is 9.59 Å². The third-order valence-electron chi connectivity index (χ3n) is 4.56. The maximum absolute atomic E-state index is 12.6. The third-order valence-corrected chi connectivity index (χ3v) is 4.56. The quantitative estimate of drug-likeness (QED) is 0.783. The fourth-order valence-electron chi connectivity index (χ4n) is 3.58. The van der Waals surface area contributed by atoms with Gasteiger partial charge in [0.1, 0.15) is 12.4 Å². The van der Waals surface area contributed by atoms with Gasteiger partial charge in [0, 0.05) is 0 Å². The van der Waals surface area contributed by atoms with Crippen molar-refractivity contribution >= 4 is 17.6 Å². The van der Waals surface area contributed by atoms with E-state index in [-0.39, 0.29) is 23.3 Å². The number of para-hydroxylation sites is 2. The Bertz CT molecular complexity index is 676. The molecule has 5 nitrogen and oxygen atoms in total. The number of amides is 1. The van der Waals surface area contributed by atoms with Crippen LogP contribution in [0.25, 0.3) is 0 Å². The van der Waals surface area contributed by atoms with Gasteiger partial charge in [0.05, 0.1) is 17.5 Å². The molecule has 0 spiro atoms. The number of aliphatic carboxylic acids is 1. The van der Waals surface area contributed by atoms with Gasteiger partial charge in [-0.1, -0.05) is 24.3 Å². The van der Waals surface area contributed by atoms with Gasteiger partial charge in [0.2, 0.25) is 5.91 Å². The second-order valence-electron chi connectivity index (χ2n) is 6.03. The lowest BCUT2D eigenvalue weighted by molar-refractivity contribution is -0.146. The van der Waals surface area contributed by atoms with E-state index in [0.717, 1.165) is 0 Å². The molecule has 1 amide bonds. The van der Waals surface area contributed by atoms with Crippen LogP contribution in [0.5, 0.6) is 5.75 Å². The number of halogens is 2. The summed E-state index contributed by atoms with van der Waals surface area (Å²) in [7, 11) is 0. The summed E-state index contributed by atoms with van der Waals surface area (Å²) in [5.41, 5.74) is 0.263. The molecule has 2 aliphatic carbocycles. The van der Waals surface area contributed by atoms with E-state index in [9.17, 15) is 23.5 Å². The number of nitrogens with one attached hydrogen (secondary N) is 1. The molecule has 2 aliphatic rings. The van der Waals surface area contributed by atoms with Crippen molar-refractivity contribution in [1.82, 2.24) is 0 Å². The molecular formula is C17H17F2NO4. The van der Waals surface area contributed by atoms with Gasteiger partial charge in [0.25, 0.3) is 6.43 Å². The summed E-state index contributed by atoms with van der Waals surface area (Å²) < 4.78 is 29.6. The molecule has 0 aliphatic heterocycles. The molecule has 1 fully saturated rings. The molecule has 7 heteroatoms. The van der Waals surface area contributed by atoms with Crippen LogP contribution in [-0.2, 0) is 9.59 Å². The Balaban J connectivity index is 1.75. The first-order valence-electron chi connectivity index (χ1n) is 7.69. The van der Waals surface area contributed by atoms with E-state index < -0.39 is 36.7 Å². The van der Waals surface area contributed by atoms with Crippen LogP contribution in [0.1, 0.15) is 6.42 Å². The fraction of sp³-hybridized carbons (Fsp3) is 0.412. The molecule has 1 aromatic carbocycles. The number of alkyl halides is 2. The summed E-state index contributed by atoms with van der Waals surface area (Å²) in [5, 5.41) is 12.0. The number of rotatable bonds is 6. The largest absolute Gasteiger partial charge is 0.485 e. The Morgan fingerprint density at radius 1 is 1.21 bits per heavy atom. The van der Waals surface area contributed by atoms with Gasteiger partial charge in [-0.05, 0) is 30.4 Å². The fourth-order valence-corrected chi connectivity index (χ4v) is 3.58. The smallest absolute Gasteiger partial charge is 0.307 e. The lowest BCUT2D eigenvalue weighted by Crippen LogP contribution is -2.36. The van der Waals surface area contributed by atoms with E-state index >= 15 is 0 Å². The Hall–Kier alpha value is -2.44. The first kappa shape index (κ1) is 16.4. The first-order chi connectivity index (χ1) is 11.5. The number of carboxylic acids is 1. The minimum atomic E-state index is -2.62. The summed E-state index contributed by atoms with van der Waals surface area (Å²) in [4.78, 5) is 24.1. The van der Waals surface area contributed by atoms with E-state index in [0.29, 0.717) is 6.42 Å². The van der Waals surface area contributed by atoms with Gasteiger partial charge in [-0.15, -0.1) is 0 Å². The van der Waals surface area contributed by atoms with E-state index in [1.165, 1.54) is 12.1 Å². The van der Waals surface area contributed by atoms with E-state index in [2.05, 4.69) is 5.32 Å². The molecule has 0 aromatic heterocycles. The summed E-state index contributed by atoms with van der Waals surface area (Å²) >= 11 is 0. The zero-order valence-electron chi connectivity index (χ0n) is 12.7. The van der Waals surface area contributed by atoms with Crippen LogP contribution in [0.15, 0.2) is 36.4 Å². The van der Waals surface area contributed by atoms with Gasteiger partial charge >= 0.3 is 5.97 Å². The van der Waals surface area contributed by atoms with Crippen molar-refractivity contribution in [1.29, 1.82) is 0 Å². The van der Waals surface area contributed by atoms with Gasteiger partial charge < -0.3 is 15.2 Å². The first-order valence-corrected chi connectivity index (χ1v) is 7.69. The minimum Gasteiger partial charge on any atom is -0.485 e. The van der Waals surface area contributed by atoms with Crippen LogP contribution >= 0.6 is 0 Å². The molecule has 3 rings (SSSR count). The van der Waals surface area contributed by atoms with Crippen molar-refractivity contribution in [3.8, 4) is 5.75 Å². The van der Waals surface area contributed by atoms with Crippen molar-refractivity contribution < 1.29 is 28.2 Å². The highest BCUT2D eigenvalue weighted by Gasteiger charge is 2.51. The lowest BCUT2D eigenvalue weighted by Gasteiger charge is -2.24. The molecule has 24 heavy (non-hydrogen) atoms. The number of hydrogen-bond acceptors (Lipinski definition) is 3. The van der Waals surface area contributed by atoms with Crippen LogP contribution < -0.4 is 10.1 Å². The molecule has 1 saturated carbocycles. The lowest BCUT2D eigenvalue weighted by atomic mass is 9.82. The molecule has 0 heterocycles. The highest BCUT2D eigenvalue weighted by Crippen LogP contribution is 2.48. The predicted molar refractivity (Wildman–Crippen MR) is 81.9 cm³/mol. The second kappa shape index (κ2) is 6.59. The number of anilines is 1. The summed E-state index contributed by atoms with van der Waals surface area (Å²) in [6.45, 7) is -0.776. The summed E-state index contributed by atoms with van der Waals surface area (Å²) in [6.07, 6.45) is 1.76. The average molecular weight is 337 g/mol. The van der Waals surface area contributed by atoms with Crippen molar-refractivity contribution in [3.05, 3.63) is 36.4 Å². The number of ether oxygens (including phenoxy) is 1. The molecule has 0 saturated heterocycles. The molecule has 1 aromatic rings. The van der Waals surface area contributed by atoms with E-state index in [4.69, 9.17) is 4.74 Å². The number of carboxylic acid groups (broad SMARTS) is 1. The van der Waals surface area contributed by atoms with Crippen molar-refractivity contribution in [2.45, 2.75) is 12.8 Å². The Labute approximate surface area is 137 Å². The number of benzene rings is 1. The normalized spacial score (nSPS) is 27.5. The molecular weight excluding hydrogens is 320 g/mol. The predicted octanol–water partition coefficient (Wildman–Crippen LogP) is 2.79. The van der Waals surface area contributed by atoms with Crippen LogP contribution in [-0.4, -0.2) is 30.0 Å². The highest BCUT2D eigenvalue weighted by molar-refractivity contribution is 5.97. The summed E-state index contributed by atoms with van der Waals surface area (Å²) in [6, 6.07) is 6.27. The van der Waals surface area contributed by atoms with Gasteiger partial charge in [-0.25, -0.2) is 8.78 Å². The number of fused-ring (bicyclic) bond motifs is 2. The van der Waals surface area contributed by atoms with Crippen LogP contribution in [0, 0.1) is 23.7 Å². The zero-order valence-corrected chi connectivity index (χ0v) is 12.7. The highest BCUT2D eigenvalue weighted by atomic mass is 19.3. The standard InChI is InChI=1S/C17H17F2NO4/c18-13(19)8-24-12-4-2-1-3-11(12)20-16(21)14-9-5-6-10(7-9)15(14)17(22)23/h1-6,9-10,13-15H,7-8H2,(H,20,21)(H,22,23). The molecule has 128 valence electrons. The van der Waals surface area contributed by atoms with Crippen LogP contribution in [0.2, 0.25) is 0 Å². The molecule has 0 radical (unpaired) electrons. The van der Waals surface area contributed by atoms with Gasteiger partial charge in [0.15, 0.2) is 0 Å². The van der Waals surface area contributed by atoms with Crippen molar-refractivity contribution in [2.75, 3.05) is 11.9 Å². The Morgan fingerprint density at radius 2 is 1.88 bits per heavy atom. The van der Waals surface area contributed by atoms with E-state index in [1.54, 1.807) is 12.1 Å². The SMILES string of the molecule is O=C(O)C1C2C=CC(C2)C1C(=O)Nc1ccccc1OCC(F)F. The van der Waals surface area contributed by atoms with Crippen molar-refractivity contribution in [3.63, 3.8) is 0 Å². The molecule has 4 unspecified atom stereocenters. The number of hydrogen-bond donors (Lipinski definition) is 2. The maximum Gasteiger partial charge on any atom is 0.307 e. The minimum absolute atomic E-state index is 0.106. The zero-order chi connectivity index (χ0) is 17.3. The van der Waals surface area contributed by atoms with E-state index in [1.807, 2.05) is 12.2 Å². The molecule has 2 N–H and O–H groups in total. The number of allylic oxidation sites excluding steroid dienone is 2. The number of carbonyl (C=O) groups is 2. The van der Waals surface area contributed by atoms with Crippen molar-refractivity contribution in [2.24, 2.45) is 23.7 Å². The summed E-state index contributed by atoms with van der Waals surface area (Å²) in [5.74, 6) is -2.94. The topological polar surface area (TPSA) is 75.6 Å². The molecule has 2 bridgehead atoms. The monoisotopic (exact) mass is 337 g/mol. The maximum atomic E-state index is 12.6. The Morgan fingerprint density at radius 3 is 2.54 bits per heavy atom. The second-order valence-corrected chi connectivity index (χ2v) is 6.03. The van der Waals surface area contributed by atoms with Crippen LogP contribution in [0.3, 0.4) is 0 Å². The average Bonchev–Trinajstić information content (AvgIpc) is 3.14. The third kappa shape index (κ3) is 3.11. The molecule has 4 atom stereocenters.